The quantitative estimate of drug-likeness (QED) is 0.457. The molecule has 144 valence electrons. The van der Waals surface area contributed by atoms with E-state index >= 15 is 0 Å². The number of carbonyl (C=O) groups is 1. The van der Waals surface area contributed by atoms with Crippen LogP contribution in [-0.2, 0) is 17.6 Å². The molecule has 4 rings (SSSR count). The van der Waals surface area contributed by atoms with Crippen LogP contribution in [0.15, 0.2) is 48.1 Å². The summed E-state index contributed by atoms with van der Waals surface area (Å²) in [6.07, 6.45) is 4.25. The van der Waals surface area contributed by atoms with Crippen molar-refractivity contribution in [3.05, 3.63) is 64.9 Å². The summed E-state index contributed by atoms with van der Waals surface area (Å²) >= 11 is 1.29. The number of amides is 1. The fourth-order valence-electron chi connectivity index (χ4n) is 3.08. The zero-order valence-corrected chi connectivity index (χ0v) is 16.2. The molecule has 0 fully saturated rings. The minimum absolute atomic E-state index is 0.104. The van der Waals surface area contributed by atoms with Gasteiger partial charge in [0.05, 0.1) is 17.7 Å². The van der Waals surface area contributed by atoms with Crippen molar-refractivity contribution in [1.82, 2.24) is 20.3 Å². The first-order chi connectivity index (χ1) is 14.1. The van der Waals surface area contributed by atoms with Crippen LogP contribution in [-0.4, -0.2) is 32.5 Å². The molecule has 0 aliphatic heterocycles. The second-order valence-electron chi connectivity index (χ2n) is 6.48. The minimum atomic E-state index is -0.112. The lowest BCUT2D eigenvalue weighted by Crippen LogP contribution is -2.27. The van der Waals surface area contributed by atoms with E-state index < -0.39 is 0 Å². The first-order valence-electron chi connectivity index (χ1n) is 8.99. The fourth-order valence-corrected chi connectivity index (χ4v) is 3.90. The smallest absolute Gasteiger partial charge is 0.226 e. The molecule has 3 heterocycles. The van der Waals surface area contributed by atoms with Gasteiger partial charge in [0.2, 0.25) is 5.91 Å². The molecule has 3 N–H and O–H groups in total. The molecule has 0 atom stereocenters. The molecule has 3 aromatic heterocycles. The Hall–Kier alpha value is -3.70. The van der Waals surface area contributed by atoms with Crippen molar-refractivity contribution in [2.75, 3.05) is 6.54 Å². The van der Waals surface area contributed by atoms with Crippen molar-refractivity contribution in [3.63, 3.8) is 0 Å². The number of carbonyl (C=O) groups excluding carboxylic acids is 1. The molecule has 0 radical (unpaired) electrons. The van der Waals surface area contributed by atoms with Gasteiger partial charge in [0.1, 0.15) is 22.5 Å². The monoisotopic (exact) mass is 403 g/mol. The van der Waals surface area contributed by atoms with Crippen LogP contribution in [0.3, 0.4) is 0 Å². The zero-order valence-electron chi connectivity index (χ0n) is 15.3. The Kier molecular flexibility index (Phi) is 5.22. The molecular formula is C21H17N5O2S. The first kappa shape index (κ1) is 18.7. The largest absolute Gasteiger partial charge is 0.506 e. The molecule has 1 aromatic carbocycles. The van der Waals surface area contributed by atoms with Gasteiger partial charge in [0.15, 0.2) is 0 Å². The number of pyridine rings is 1. The number of rotatable bonds is 6. The molecule has 0 spiro atoms. The molecule has 0 unspecified atom stereocenters. The summed E-state index contributed by atoms with van der Waals surface area (Å²) in [5.74, 6) is -0.216. The summed E-state index contributed by atoms with van der Waals surface area (Å²) in [6.45, 7) is 0.537. The summed E-state index contributed by atoms with van der Waals surface area (Å²) in [5, 5.41) is 25.2. The number of nitrogens with zero attached hydrogens (tertiary/aromatic N) is 3. The van der Waals surface area contributed by atoms with Crippen LogP contribution in [0.2, 0.25) is 0 Å². The highest BCUT2D eigenvalue weighted by Crippen LogP contribution is 2.30. The van der Waals surface area contributed by atoms with E-state index in [1.165, 1.54) is 34.5 Å². The molecule has 8 heteroatoms. The van der Waals surface area contributed by atoms with Gasteiger partial charge in [0, 0.05) is 41.3 Å². The predicted octanol–water partition coefficient (Wildman–Crippen LogP) is 3.17. The summed E-state index contributed by atoms with van der Waals surface area (Å²) in [6, 6.07) is 11.3. The van der Waals surface area contributed by atoms with Crippen LogP contribution in [0.4, 0.5) is 0 Å². The maximum Gasteiger partial charge on any atom is 0.226 e. The van der Waals surface area contributed by atoms with Crippen LogP contribution in [0, 0.1) is 11.3 Å². The highest BCUT2D eigenvalue weighted by atomic mass is 32.1. The van der Waals surface area contributed by atoms with Gasteiger partial charge in [-0.1, -0.05) is 18.2 Å². The van der Waals surface area contributed by atoms with Crippen LogP contribution >= 0.6 is 11.3 Å². The summed E-state index contributed by atoms with van der Waals surface area (Å²) < 4.78 is 0. The van der Waals surface area contributed by atoms with E-state index in [-0.39, 0.29) is 23.6 Å². The average molecular weight is 403 g/mol. The average Bonchev–Trinajstić information content (AvgIpc) is 3.35. The third-order valence-electron chi connectivity index (χ3n) is 4.48. The molecule has 7 nitrogen and oxygen atoms in total. The number of hydrogen-bond donors (Lipinski definition) is 3. The Morgan fingerprint density at radius 2 is 2.21 bits per heavy atom. The normalized spacial score (nSPS) is 10.7. The first-order valence-corrected chi connectivity index (χ1v) is 9.87. The van der Waals surface area contributed by atoms with Crippen molar-refractivity contribution in [1.29, 1.82) is 5.26 Å². The van der Waals surface area contributed by atoms with Gasteiger partial charge < -0.3 is 15.4 Å². The van der Waals surface area contributed by atoms with E-state index in [9.17, 15) is 9.90 Å². The fraction of sp³-hybridized carbons (Fsp3) is 0.143. The number of fused-ring (bicyclic) bond motifs is 1. The number of aromatic amines is 1. The lowest BCUT2D eigenvalue weighted by molar-refractivity contribution is -0.120. The molecule has 0 saturated heterocycles. The Morgan fingerprint density at radius 3 is 3.03 bits per heavy atom. The third kappa shape index (κ3) is 4.10. The topological polar surface area (TPSA) is 115 Å². The lowest BCUT2D eigenvalue weighted by atomic mass is 10.1. The lowest BCUT2D eigenvalue weighted by Gasteiger charge is -2.04. The predicted molar refractivity (Wildman–Crippen MR) is 110 cm³/mol. The molecule has 1 amide bonds. The van der Waals surface area contributed by atoms with Gasteiger partial charge in [-0.2, -0.15) is 5.26 Å². The highest BCUT2D eigenvalue weighted by molar-refractivity contribution is 7.13. The molecule has 0 bridgehead atoms. The molecule has 0 aliphatic carbocycles. The standard InChI is InChI=1S/C21H17N5O2S/c22-9-13-7-18(27)20(25-10-13)21-26-15(12-29-21)8-19(28)23-6-5-14-11-24-17-4-2-1-3-16(14)17/h1-4,7,10-12,24,27H,5-6,8H2,(H,23,28). The summed E-state index contributed by atoms with van der Waals surface area (Å²) in [7, 11) is 0. The van der Waals surface area contributed by atoms with Crippen LogP contribution in [0.1, 0.15) is 16.8 Å². The van der Waals surface area contributed by atoms with Crippen molar-refractivity contribution >= 4 is 28.1 Å². The van der Waals surface area contributed by atoms with E-state index in [4.69, 9.17) is 5.26 Å². The molecule has 29 heavy (non-hydrogen) atoms. The van der Waals surface area contributed by atoms with Crippen molar-refractivity contribution in [2.24, 2.45) is 0 Å². The number of para-hydroxylation sites is 1. The number of aromatic nitrogens is 3. The van der Waals surface area contributed by atoms with E-state index in [2.05, 4.69) is 26.3 Å². The van der Waals surface area contributed by atoms with Crippen LogP contribution in [0.5, 0.6) is 5.75 Å². The van der Waals surface area contributed by atoms with Gasteiger partial charge in [-0.3, -0.25) is 4.79 Å². The number of nitrogens with one attached hydrogen (secondary N) is 2. The van der Waals surface area contributed by atoms with Crippen molar-refractivity contribution < 1.29 is 9.90 Å². The number of thiazole rings is 1. The highest BCUT2D eigenvalue weighted by Gasteiger charge is 2.14. The number of H-pyrrole nitrogens is 1. The molecule has 4 aromatic rings. The van der Waals surface area contributed by atoms with Crippen molar-refractivity contribution in [2.45, 2.75) is 12.8 Å². The molecule has 0 saturated carbocycles. The number of hydrogen-bond acceptors (Lipinski definition) is 6. The van der Waals surface area contributed by atoms with E-state index in [0.717, 1.165) is 11.9 Å². The van der Waals surface area contributed by atoms with E-state index in [0.29, 0.717) is 22.9 Å². The number of nitriles is 1. The summed E-state index contributed by atoms with van der Waals surface area (Å²) in [4.78, 5) is 23.9. The van der Waals surface area contributed by atoms with Gasteiger partial charge in [-0.25, -0.2) is 9.97 Å². The minimum Gasteiger partial charge on any atom is -0.506 e. The molecule has 0 aliphatic rings. The van der Waals surface area contributed by atoms with E-state index in [1.54, 1.807) is 5.38 Å². The Labute approximate surface area is 170 Å². The van der Waals surface area contributed by atoms with E-state index in [1.807, 2.05) is 30.5 Å². The van der Waals surface area contributed by atoms with Gasteiger partial charge in [0.25, 0.3) is 0 Å². The maximum absolute atomic E-state index is 12.2. The zero-order chi connectivity index (χ0) is 20.2. The second kappa shape index (κ2) is 8.12. The molecular weight excluding hydrogens is 386 g/mol. The van der Waals surface area contributed by atoms with Gasteiger partial charge in [-0.15, -0.1) is 11.3 Å². The maximum atomic E-state index is 12.2. The SMILES string of the molecule is N#Cc1cnc(-c2nc(CC(=O)NCCc3c[nH]c4ccccc34)cs2)c(O)c1. The van der Waals surface area contributed by atoms with Gasteiger partial charge >= 0.3 is 0 Å². The van der Waals surface area contributed by atoms with Crippen molar-refractivity contribution in [3.8, 4) is 22.5 Å². The van der Waals surface area contributed by atoms with Crippen LogP contribution in [0.25, 0.3) is 21.6 Å². The third-order valence-corrected chi connectivity index (χ3v) is 5.38. The Morgan fingerprint density at radius 1 is 1.34 bits per heavy atom. The summed E-state index contributed by atoms with van der Waals surface area (Å²) in [5.41, 5.74) is 3.44. The Bertz CT molecular complexity index is 1220. The van der Waals surface area contributed by atoms with Crippen LogP contribution < -0.4 is 5.32 Å². The second-order valence-corrected chi connectivity index (χ2v) is 7.34. The Balaban J connectivity index is 1.34. The number of benzene rings is 1. The number of aromatic hydroxyl groups is 1. The van der Waals surface area contributed by atoms with Gasteiger partial charge in [-0.05, 0) is 18.1 Å².